The molecule has 2 nitrogen and oxygen atoms in total. The Bertz CT molecular complexity index is 411. The van der Waals surface area contributed by atoms with E-state index in [1.165, 1.54) is 12.8 Å². The van der Waals surface area contributed by atoms with Gasteiger partial charge in [0, 0.05) is 12.6 Å². The number of nitrogens with zero attached hydrogens (tertiary/aromatic N) is 1. The topological polar surface area (TPSA) is 29.3 Å². The van der Waals surface area contributed by atoms with Crippen LogP contribution in [0.1, 0.15) is 32.3 Å². The van der Waals surface area contributed by atoms with E-state index in [4.69, 9.17) is 28.9 Å². The number of benzene rings is 1. The zero-order chi connectivity index (χ0) is 13.3. The highest BCUT2D eigenvalue weighted by atomic mass is 35.5. The Morgan fingerprint density at radius 2 is 1.89 bits per heavy atom. The molecule has 2 N–H and O–H groups in total. The van der Waals surface area contributed by atoms with Crippen molar-refractivity contribution in [3.8, 4) is 0 Å². The van der Waals surface area contributed by atoms with Gasteiger partial charge in [0.1, 0.15) is 0 Å². The summed E-state index contributed by atoms with van der Waals surface area (Å²) in [6.07, 6.45) is 2.53. The minimum absolute atomic E-state index is 0.474. The third-order valence-electron chi connectivity index (χ3n) is 3.80. The fourth-order valence-corrected chi connectivity index (χ4v) is 3.19. The number of halogens is 2. The first kappa shape index (κ1) is 14.0. The molecular formula is C14H20Cl2N2. The standard InChI is InChI=1S/C14H20Cl2N2/c1-9-3-4-18(10(2)5-9)8-11-6-12(15)14(17)13(16)7-11/h6-7,9-10H,3-5,8,17H2,1-2H3. The first-order chi connectivity index (χ1) is 8.47. The molecule has 1 aromatic rings. The van der Waals surface area contributed by atoms with Crippen LogP contribution in [0.5, 0.6) is 0 Å². The first-order valence-corrected chi connectivity index (χ1v) is 7.20. The molecule has 1 saturated heterocycles. The lowest BCUT2D eigenvalue weighted by atomic mass is 9.93. The van der Waals surface area contributed by atoms with Gasteiger partial charge in [-0.15, -0.1) is 0 Å². The number of hydrogen-bond donors (Lipinski definition) is 1. The van der Waals surface area contributed by atoms with Crippen molar-refractivity contribution in [1.82, 2.24) is 4.90 Å². The van der Waals surface area contributed by atoms with Gasteiger partial charge in [-0.2, -0.15) is 0 Å². The molecule has 1 aliphatic heterocycles. The Kier molecular flexibility index (Phi) is 4.41. The Morgan fingerprint density at radius 3 is 2.44 bits per heavy atom. The van der Waals surface area contributed by atoms with Gasteiger partial charge in [0.2, 0.25) is 0 Å². The number of nitrogen functional groups attached to an aromatic ring is 1. The van der Waals surface area contributed by atoms with Gasteiger partial charge in [-0.25, -0.2) is 0 Å². The third-order valence-corrected chi connectivity index (χ3v) is 4.43. The molecule has 0 radical (unpaired) electrons. The van der Waals surface area contributed by atoms with Crippen LogP contribution in [0.4, 0.5) is 5.69 Å². The summed E-state index contributed by atoms with van der Waals surface area (Å²) >= 11 is 12.1. The van der Waals surface area contributed by atoms with Gasteiger partial charge in [-0.1, -0.05) is 30.1 Å². The molecule has 0 bridgehead atoms. The van der Waals surface area contributed by atoms with Gasteiger partial charge in [-0.3, -0.25) is 4.90 Å². The molecule has 4 heteroatoms. The van der Waals surface area contributed by atoms with Crippen LogP contribution >= 0.6 is 23.2 Å². The second-order valence-corrected chi connectivity index (χ2v) is 6.24. The first-order valence-electron chi connectivity index (χ1n) is 6.44. The van der Waals surface area contributed by atoms with Crippen LogP contribution in [-0.4, -0.2) is 17.5 Å². The number of nitrogens with two attached hydrogens (primary N) is 1. The highest BCUT2D eigenvalue weighted by Crippen LogP contribution is 2.30. The summed E-state index contributed by atoms with van der Waals surface area (Å²) in [5, 5.41) is 1.10. The fourth-order valence-electron chi connectivity index (χ4n) is 2.65. The lowest BCUT2D eigenvalue weighted by Gasteiger charge is -2.36. The molecule has 0 spiro atoms. The molecular weight excluding hydrogens is 267 g/mol. The predicted molar refractivity (Wildman–Crippen MR) is 79.1 cm³/mol. The van der Waals surface area contributed by atoms with Crippen LogP contribution < -0.4 is 5.73 Å². The van der Waals surface area contributed by atoms with E-state index in [2.05, 4.69) is 18.7 Å². The lowest BCUT2D eigenvalue weighted by Crippen LogP contribution is -2.39. The maximum absolute atomic E-state index is 6.07. The van der Waals surface area contributed by atoms with Gasteiger partial charge in [-0.05, 0) is 49.9 Å². The van der Waals surface area contributed by atoms with Crippen molar-refractivity contribution in [1.29, 1.82) is 0 Å². The van der Waals surface area contributed by atoms with Crippen molar-refractivity contribution in [2.75, 3.05) is 12.3 Å². The van der Waals surface area contributed by atoms with Crippen molar-refractivity contribution < 1.29 is 0 Å². The van der Waals surface area contributed by atoms with Crippen LogP contribution in [0.25, 0.3) is 0 Å². The highest BCUT2D eigenvalue weighted by molar-refractivity contribution is 6.38. The van der Waals surface area contributed by atoms with Crippen molar-refractivity contribution in [3.05, 3.63) is 27.7 Å². The second-order valence-electron chi connectivity index (χ2n) is 5.42. The van der Waals surface area contributed by atoms with Gasteiger partial charge >= 0.3 is 0 Å². The molecule has 2 rings (SSSR count). The van der Waals surface area contributed by atoms with E-state index in [-0.39, 0.29) is 0 Å². The van der Waals surface area contributed by atoms with Gasteiger partial charge in [0.05, 0.1) is 15.7 Å². The Labute approximate surface area is 119 Å². The fraction of sp³-hybridized carbons (Fsp3) is 0.571. The zero-order valence-electron chi connectivity index (χ0n) is 10.9. The summed E-state index contributed by atoms with van der Waals surface area (Å²) in [6, 6.07) is 4.46. The molecule has 0 amide bonds. The van der Waals surface area contributed by atoms with Crippen molar-refractivity contribution in [2.24, 2.45) is 5.92 Å². The van der Waals surface area contributed by atoms with Crippen LogP contribution in [-0.2, 0) is 6.54 Å². The predicted octanol–water partition coefficient (Wildman–Crippen LogP) is 4.20. The minimum atomic E-state index is 0.474. The maximum Gasteiger partial charge on any atom is 0.0693 e. The summed E-state index contributed by atoms with van der Waals surface area (Å²) in [6.45, 7) is 6.65. The van der Waals surface area contributed by atoms with E-state index in [1.54, 1.807) is 0 Å². The summed E-state index contributed by atoms with van der Waals surface area (Å²) < 4.78 is 0. The molecule has 1 aliphatic rings. The second kappa shape index (κ2) is 5.68. The number of rotatable bonds is 2. The monoisotopic (exact) mass is 286 g/mol. The average molecular weight is 287 g/mol. The van der Waals surface area contributed by atoms with E-state index in [0.717, 1.165) is 24.6 Å². The number of anilines is 1. The lowest BCUT2D eigenvalue weighted by molar-refractivity contribution is 0.122. The van der Waals surface area contributed by atoms with Gasteiger partial charge < -0.3 is 5.73 Å². The smallest absolute Gasteiger partial charge is 0.0693 e. The number of likely N-dealkylation sites (tertiary alicyclic amines) is 1. The molecule has 2 unspecified atom stereocenters. The number of hydrogen-bond acceptors (Lipinski definition) is 2. The van der Waals surface area contributed by atoms with E-state index < -0.39 is 0 Å². The largest absolute Gasteiger partial charge is 0.396 e. The summed E-state index contributed by atoms with van der Waals surface area (Å²) in [7, 11) is 0. The highest BCUT2D eigenvalue weighted by Gasteiger charge is 2.23. The molecule has 2 atom stereocenters. The van der Waals surface area contributed by atoms with Crippen LogP contribution in [0, 0.1) is 5.92 Å². The number of piperidine rings is 1. The van der Waals surface area contributed by atoms with Crippen molar-refractivity contribution in [3.63, 3.8) is 0 Å². The zero-order valence-corrected chi connectivity index (χ0v) is 12.4. The molecule has 1 aromatic carbocycles. The minimum Gasteiger partial charge on any atom is -0.396 e. The average Bonchev–Trinajstić information content (AvgIpc) is 2.29. The van der Waals surface area contributed by atoms with Gasteiger partial charge in [0.25, 0.3) is 0 Å². The van der Waals surface area contributed by atoms with Crippen LogP contribution in [0.15, 0.2) is 12.1 Å². The Morgan fingerprint density at radius 1 is 1.28 bits per heavy atom. The SMILES string of the molecule is CC1CCN(Cc2cc(Cl)c(N)c(Cl)c2)C(C)C1. The molecule has 100 valence electrons. The summed E-state index contributed by atoms with van der Waals surface area (Å²) in [4.78, 5) is 2.48. The van der Waals surface area contributed by atoms with E-state index in [0.29, 0.717) is 21.8 Å². The molecule has 0 aromatic heterocycles. The summed E-state index contributed by atoms with van der Waals surface area (Å²) in [5.41, 5.74) is 7.37. The van der Waals surface area contributed by atoms with E-state index in [1.807, 2.05) is 12.1 Å². The van der Waals surface area contributed by atoms with Crippen LogP contribution in [0.3, 0.4) is 0 Å². The third kappa shape index (κ3) is 3.11. The molecule has 1 heterocycles. The normalized spacial score (nSPS) is 25.3. The quantitative estimate of drug-likeness (QED) is 0.826. The van der Waals surface area contributed by atoms with Crippen molar-refractivity contribution >= 4 is 28.9 Å². The Balaban J connectivity index is 2.10. The maximum atomic E-state index is 6.07. The van der Waals surface area contributed by atoms with Gasteiger partial charge in [0.15, 0.2) is 0 Å². The molecule has 18 heavy (non-hydrogen) atoms. The Hall–Kier alpha value is -0.440. The molecule has 0 aliphatic carbocycles. The molecule has 1 fully saturated rings. The van der Waals surface area contributed by atoms with Crippen molar-refractivity contribution in [2.45, 2.75) is 39.3 Å². The van der Waals surface area contributed by atoms with Crippen LogP contribution in [0.2, 0.25) is 10.0 Å². The van der Waals surface area contributed by atoms with E-state index >= 15 is 0 Å². The summed E-state index contributed by atoms with van der Waals surface area (Å²) in [5.74, 6) is 0.829. The van der Waals surface area contributed by atoms with E-state index in [9.17, 15) is 0 Å². The molecule has 0 saturated carbocycles.